The van der Waals surface area contributed by atoms with Gasteiger partial charge in [-0.1, -0.05) is 17.7 Å². The van der Waals surface area contributed by atoms with E-state index in [1.54, 1.807) is 17.0 Å². The third-order valence-corrected chi connectivity index (χ3v) is 4.50. The first-order valence-corrected chi connectivity index (χ1v) is 8.42. The fourth-order valence-electron chi connectivity index (χ4n) is 2.95. The molecule has 3 rings (SSSR count). The average molecular weight is 337 g/mol. The highest BCUT2D eigenvalue weighted by atomic mass is 16.2. The predicted octanol–water partition coefficient (Wildman–Crippen LogP) is 2.60. The Kier molecular flexibility index (Phi) is 4.74. The van der Waals surface area contributed by atoms with Gasteiger partial charge in [-0.05, 0) is 49.7 Å². The number of hydrogen-bond acceptors (Lipinski definition) is 3. The SMILES string of the molecule is Cc1ccc(N2CCC(NC(=O)c3ccc(N(C)C)cc3)C2=O)cc1. The Hall–Kier alpha value is -2.82. The maximum atomic E-state index is 12.6. The number of benzene rings is 2. The lowest BCUT2D eigenvalue weighted by Crippen LogP contribution is -2.41. The third kappa shape index (κ3) is 3.65. The van der Waals surface area contributed by atoms with Crippen LogP contribution in [0.1, 0.15) is 22.3 Å². The number of nitrogens with zero attached hydrogens (tertiary/aromatic N) is 2. The lowest BCUT2D eigenvalue weighted by Gasteiger charge is -2.17. The van der Waals surface area contributed by atoms with E-state index in [-0.39, 0.29) is 11.8 Å². The highest BCUT2D eigenvalue weighted by Crippen LogP contribution is 2.22. The maximum absolute atomic E-state index is 12.6. The van der Waals surface area contributed by atoms with Gasteiger partial charge >= 0.3 is 0 Å². The lowest BCUT2D eigenvalue weighted by atomic mass is 10.1. The monoisotopic (exact) mass is 337 g/mol. The van der Waals surface area contributed by atoms with Crippen molar-refractivity contribution < 1.29 is 9.59 Å². The van der Waals surface area contributed by atoms with Gasteiger partial charge in [0, 0.05) is 37.6 Å². The summed E-state index contributed by atoms with van der Waals surface area (Å²) in [6.07, 6.45) is 0.619. The number of rotatable bonds is 4. The molecule has 1 heterocycles. The summed E-state index contributed by atoms with van der Waals surface area (Å²) in [6, 6.07) is 14.7. The van der Waals surface area contributed by atoms with Crippen molar-refractivity contribution in [2.45, 2.75) is 19.4 Å². The van der Waals surface area contributed by atoms with Crippen LogP contribution in [0, 0.1) is 6.92 Å². The first-order valence-electron chi connectivity index (χ1n) is 8.42. The van der Waals surface area contributed by atoms with Crippen LogP contribution in [0.25, 0.3) is 0 Å². The molecule has 130 valence electrons. The van der Waals surface area contributed by atoms with Gasteiger partial charge in [0.05, 0.1) is 0 Å². The molecule has 0 spiro atoms. The Morgan fingerprint density at radius 2 is 1.72 bits per heavy atom. The van der Waals surface area contributed by atoms with Crippen LogP contribution in [0.15, 0.2) is 48.5 Å². The van der Waals surface area contributed by atoms with Crippen LogP contribution in [0.4, 0.5) is 11.4 Å². The van der Waals surface area contributed by atoms with Crippen molar-refractivity contribution >= 4 is 23.2 Å². The van der Waals surface area contributed by atoms with Crippen molar-refractivity contribution in [3.63, 3.8) is 0 Å². The molecule has 0 radical (unpaired) electrons. The van der Waals surface area contributed by atoms with Gasteiger partial charge < -0.3 is 15.1 Å². The topological polar surface area (TPSA) is 52.7 Å². The van der Waals surface area contributed by atoms with E-state index in [2.05, 4.69) is 5.32 Å². The van der Waals surface area contributed by atoms with E-state index in [0.717, 1.165) is 16.9 Å². The Morgan fingerprint density at radius 1 is 1.08 bits per heavy atom. The Balaban J connectivity index is 1.66. The van der Waals surface area contributed by atoms with E-state index < -0.39 is 6.04 Å². The highest BCUT2D eigenvalue weighted by Gasteiger charge is 2.33. The summed E-state index contributed by atoms with van der Waals surface area (Å²) in [5.74, 6) is -0.267. The molecule has 5 heteroatoms. The molecule has 1 saturated heterocycles. The number of carbonyl (C=O) groups is 2. The summed E-state index contributed by atoms with van der Waals surface area (Å²) >= 11 is 0. The van der Waals surface area contributed by atoms with Crippen LogP contribution in [0.2, 0.25) is 0 Å². The number of aryl methyl sites for hydroxylation is 1. The van der Waals surface area contributed by atoms with Crippen LogP contribution in [0.3, 0.4) is 0 Å². The standard InChI is InChI=1S/C20H23N3O2/c1-14-4-8-17(9-5-14)23-13-12-18(20(23)25)21-19(24)15-6-10-16(11-7-15)22(2)3/h4-11,18H,12-13H2,1-3H3,(H,21,24). The second kappa shape index (κ2) is 6.97. The molecule has 2 amide bonds. The summed E-state index contributed by atoms with van der Waals surface area (Å²) in [7, 11) is 3.90. The van der Waals surface area contributed by atoms with E-state index in [9.17, 15) is 9.59 Å². The molecule has 1 atom stereocenters. The normalized spacial score (nSPS) is 16.8. The zero-order valence-electron chi connectivity index (χ0n) is 14.8. The van der Waals surface area contributed by atoms with Gasteiger partial charge in [-0.25, -0.2) is 0 Å². The predicted molar refractivity (Wildman–Crippen MR) is 100 cm³/mol. The van der Waals surface area contributed by atoms with Crippen molar-refractivity contribution in [3.8, 4) is 0 Å². The van der Waals surface area contributed by atoms with Crippen LogP contribution in [0.5, 0.6) is 0 Å². The van der Waals surface area contributed by atoms with E-state index in [1.807, 2.05) is 62.3 Å². The minimum atomic E-state index is -0.470. The third-order valence-electron chi connectivity index (χ3n) is 4.50. The van der Waals surface area contributed by atoms with Crippen LogP contribution in [-0.2, 0) is 4.79 Å². The van der Waals surface area contributed by atoms with Crippen molar-refractivity contribution in [1.29, 1.82) is 0 Å². The van der Waals surface area contributed by atoms with Crippen molar-refractivity contribution in [3.05, 3.63) is 59.7 Å². The zero-order chi connectivity index (χ0) is 18.0. The highest BCUT2D eigenvalue weighted by molar-refractivity contribution is 6.04. The van der Waals surface area contributed by atoms with Crippen LogP contribution >= 0.6 is 0 Å². The molecule has 1 N–H and O–H groups in total. The van der Waals surface area contributed by atoms with Crippen molar-refractivity contribution in [2.24, 2.45) is 0 Å². The average Bonchev–Trinajstić information content (AvgIpc) is 2.96. The summed E-state index contributed by atoms with van der Waals surface area (Å²) in [4.78, 5) is 28.7. The van der Waals surface area contributed by atoms with Gasteiger partial charge in [0.25, 0.3) is 5.91 Å². The molecule has 1 aliphatic heterocycles. The fourth-order valence-corrected chi connectivity index (χ4v) is 2.95. The number of hydrogen-bond donors (Lipinski definition) is 1. The summed E-state index contributed by atoms with van der Waals surface area (Å²) in [5, 5.41) is 2.86. The largest absolute Gasteiger partial charge is 0.378 e. The summed E-state index contributed by atoms with van der Waals surface area (Å²) in [6.45, 7) is 2.63. The van der Waals surface area contributed by atoms with Crippen LogP contribution < -0.4 is 15.1 Å². The molecule has 1 fully saturated rings. The molecule has 5 nitrogen and oxygen atoms in total. The smallest absolute Gasteiger partial charge is 0.251 e. The van der Waals surface area contributed by atoms with E-state index >= 15 is 0 Å². The maximum Gasteiger partial charge on any atom is 0.251 e. The number of carbonyl (C=O) groups excluding carboxylic acids is 2. The molecule has 1 aliphatic rings. The van der Waals surface area contributed by atoms with Gasteiger partial charge in [-0.3, -0.25) is 9.59 Å². The van der Waals surface area contributed by atoms with Crippen molar-refractivity contribution in [2.75, 3.05) is 30.4 Å². The summed E-state index contributed by atoms with van der Waals surface area (Å²) < 4.78 is 0. The molecule has 2 aromatic carbocycles. The number of anilines is 2. The minimum absolute atomic E-state index is 0.0536. The Labute approximate surface area is 148 Å². The quantitative estimate of drug-likeness (QED) is 0.933. The van der Waals surface area contributed by atoms with Gasteiger partial charge in [0.2, 0.25) is 5.91 Å². The van der Waals surface area contributed by atoms with Crippen LogP contribution in [-0.4, -0.2) is 38.5 Å². The molecular formula is C20H23N3O2. The first-order chi connectivity index (χ1) is 12.0. The van der Waals surface area contributed by atoms with Gasteiger partial charge in [0.1, 0.15) is 6.04 Å². The minimum Gasteiger partial charge on any atom is -0.378 e. The van der Waals surface area contributed by atoms with E-state index in [4.69, 9.17) is 0 Å². The first kappa shape index (κ1) is 17.0. The number of nitrogens with one attached hydrogen (secondary N) is 1. The Bertz CT molecular complexity index is 767. The van der Waals surface area contributed by atoms with Gasteiger partial charge in [0.15, 0.2) is 0 Å². The molecular weight excluding hydrogens is 314 g/mol. The number of amides is 2. The fraction of sp³-hybridized carbons (Fsp3) is 0.300. The second-order valence-corrected chi connectivity index (χ2v) is 6.58. The van der Waals surface area contributed by atoms with E-state index in [0.29, 0.717) is 18.5 Å². The van der Waals surface area contributed by atoms with Gasteiger partial charge in [-0.2, -0.15) is 0 Å². The van der Waals surface area contributed by atoms with Crippen molar-refractivity contribution in [1.82, 2.24) is 5.32 Å². The molecule has 0 saturated carbocycles. The summed E-state index contributed by atoms with van der Waals surface area (Å²) in [5.41, 5.74) is 3.62. The molecule has 1 unspecified atom stereocenters. The molecule has 2 aromatic rings. The molecule has 0 aliphatic carbocycles. The molecule has 0 aromatic heterocycles. The molecule has 0 bridgehead atoms. The zero-order valence-corrected chi connectivity index (χ0v) is 14.8. The lowest BCUT2D eigenvalue weighted by molar-refractivity contribution is -0.118. The Morgan fingerprint density at radius 3 is 2.32 bits per heavy atom. The molecule has 25 heavy (non-hydrogen) atoms. The van der Waals surface area contributed by atoms with Gasteiger partial charge in [-0.15, -0.1) is 0 Å². The second-order valence-electron chi connectivity index (χ2n) is 6.58. The van der Waals surface area contributed by atoms with E-state index in [1.165, 1.54) is 0 Å².